The molecule has 0 spiro atoms. The number of rotatable bonds is 7. The number of Topliss-reactive ketones (excluding diaryl/α,β-unsaturated/α-hetero) is 1. The molecule has 200 valence electrons. The fraction of sp³-hybridized carbons (Fsp3) is 0.219. The van der Waals surface area contributed by atoms with Crippen LogP contribution in [0.4, 0.5) is 0 Å². The summed E-state index contributed by atoms with van der Waals surface area (Å²) in [6, 6.07) is 16.9. The maximum atomic E-state index is 13.3. The van der Waals surface area contributed by atoms with E-state index in [-0.39, 0.29) is 29.4 Å². The van der Waals surface area contributed by atoms with Gasteiger partial charge in [-0.05, 0) is 62.2 Å². The summed E-state index contributed by atoms with van der Waals surface area (Å²) in [5.74, 6) is 1.63. The van der Waals surface area contributed by atoms with Gasteiger partial charge in [-0.25, -0.2) is 0 Å². The minimum absolute atomic E-state index is 0.0252. The summed E-state index contributed by atoms with van der Waals surface area (Å²) in [5, 5.41) is 5.23. The molecule has 0 aliphatic carbocycles. The monoisotopic (exact) mass is 532 g/mol. The molecule has 0 fully saturated rings. The number of aryl methyl sites for hydroxylation is 1. The van der Waals surface area contributed by atoms with Crippen LogP contribution in [0.5, 0.6) is 17.2 Å². The molecule has 6 rings (SSSR count). The highest BCUT2D eigenvalue weighted by atomic mass is 16.5. The van der Waals surface area contributed by atoms with Crippen molar-refractivity contribution >= 4 is 16.7 Å². The maximum Gasteiger partial charge on any atom is 0.219 e. The van der Waals surface area contributed by atoms with E-state index in [1.807, 2.05) is 57.2 Å². The summed E-state index contributed by atoms with van der Waals surface area (Å²) in [7, 11) is 0. The van der Waals surface area contributed by atoms with Gasteiger partial charge in [-0.2, -0.15) is 5.10 Å². The molecule has 0 saturated heterocycles. The molecule has 40 heavy (non-hydrogen) atoms. The molecule has 2 aromatic carbocycles. The zero-order valence-corrected chi connectivity index (χ0v) is 22.5. The maximum absolute atomic E-state index is 13.3. The van der Waals surface area contributed by atoms with E-state index in [1.54, 1.807) is 41.5 Å². The van der Waals surface area contributed by atoms with E-state index in [4.69, 9.17) is 9.47 Å². The fourth-order valence-electron chi connectivity index (χ4n) is 4.73. The molecular weight excluding hydrogens is 504 g/mol. The standard InChI is InChI=1S/C32H28N4O4/c1-19(2)36-18-26(21-6-4-20(3)5-7-21)32(38)31(35-36)28(37)15-23-8-9-24(17-34-23)40-29-10-12-33-27-14-22-11-13-39-30(22)16-25(27)29/h4-10,12,14,16-19H,11,13,15H2,1-3H3. The molecule has 0 unspecified atom stereocenters. The van der Waals surface area contributed by atoms with Crippen molar-refractivity contribution in [3.8, 4) is 28.4 Å². The first kappa shape index (κ1) is 25.4. The average Bonchev–Trinajstić information content (AvgIpc) is 3.41. The summed E-state index contributed by atoms with van der Waals surface area (Å²) >= 11 is 0. The first-order chi connectivity index (χ1) is 19.4. The predicted molar refractivity (Wildman–Crippen MR) is 152 cm³/mol. The van der Waals surface area contributed by atoms with Crippen LogP contribution >= 0.6 is 0 Å². The Kier molecular flexibility index (Phi) is 6.59. The van der Waals surface area contributed by atoms with Gasteiger partial charge < -0.3 is 9.47 Å². The van der Waals surface area contributed by atoms with Gasteiger partial charge in [-0.1, -0.05) is 29.8 Å². The molecule has 0 saturated carbocycles. The number of ketones is 1. The molecule has 1 aliphatic rings. The summed E-state index contributed by atoms with van der Waals surface area (Å²) in [6.07, 6.45) is 5.81. The first-order valence-electron chi connectivity index (χ1n) is 13.3. The lowest BCUT2D eigenvalue weighted by atomic mass is 10.0. The Morgan fingerprint density at radius 2 is 1.90 bits per heavy atom. The van der Waals surface area contributed by atoms with Gasteiger partial charge in [-0.15, -0.1) is 0 Å². The molecule has 8 nitrogen and oxygen atoms in total. The summed E-state index contributed by atoms with van der Waals surface area (Å²) < 4.78 is 13.5. The number of nitrogens with zero attached hydrogens (tertiary/aromatic N) is 4. The van der Waals surface area contributed by atoms with Crippen LogP contribution in [0.2, 0.25) is 0 Å². The average molecular weight is 533 g/mol. The molecule has 5 aromatic rings. The van der Waals surface area contributed by atoms with Gasteiger partial charge in [0.2, 0.25) is 5.43 Å². The van der Waals surface area contributed by atoms with Crippen molar-refractivity contribution in [1.29, 1.82) is 0 Å². The van der Waals surface area contributed by atoms with Crippen molar-refractivity contribution in [1.82, 2.24) is 19.7 Å². The fourth-order valence-corrected chi connectivity index (χ4v) is 4.73. The lowest BCUT2D eigenvalue weighted by molar-refractivity contribution is 0.0983. The van der Waals surface area contributed by atoms with Crippen LogP contribution in [-0.4, -0.2) is 32.1 Å². The Labute approximate surface area is 231 Å². The zero-order valence-electron chi connectivity index (χ0n) is 22.5. The second-order valence-electron chi connectivity index (χ2n) is 10.2. The number of fused-ring (bicyclic) bond motifs is 2. The van der Waals surface area contributed by atoms with Crippen LogP contribution in [0.1, 0.15) is 47.2 Å². The topological polar surface area (TPSA) is 96.2 Å². The van der Waals surface area contributed by atoms with Crippen molar-refractivity contribution in [3.63, 3.8) is 0 Å². The lowest BCUT2D eigenvalue weighted by Gasteiger charge is -2.14. The van der Waals surface area contributed by atoms with Crippen LogP contribution in [0.15, 0.2) is 78.0 Å². The second-order valence-corrected chi connectivity index (χ2v) is 10.2. The summed E-state index contributed by atoms with van der Waals surface area (Å²) in [5.41, 5.74) is 4.31. The van der Waals surface area contributed by atoms with Gasteiger partial charge in [0.25, 0.3) is 0 Å². The number of ether oxygens (including phenoxy) is 2. The summed E-state index contributed by atoms with van der Waals surface area (Å²) in [4.78, 5) is 35.5. The van der Waals surface area contributed by atoms with Gasteiger partial charge in [0.1, 0.15) is 17.2 Å². The van der Waals surface area contributed by atoms with Crippen LogP contribution in [0.25, 0.3) is 22.0 Å². The number of aromatic nitrogens is 4. The number of pyridine rings is 2. The predicted octanol–water partition coefficient (Wildman–Crippen LogP) is 5.90. The SMILES string of the molecule is Cc1ccc(-c2cn(C(C)C)nc(C(=O)Cc3ccc(Oc4ccnc5cc6c(cc45)OCC6)cn3)c2=O)cc1. The van der Waals surface area contributed by atoms with Crippen LogP contribution in [0.3, 0.4) is 0 Å². The van der Waals surface area contributed by atoms with Crippen molar-refractivity contribution in [2.24, 2.45) is 0 Å². The minimum Gasteiger partial charge on any atom is -0.493 e. The van der Waals surface area contributed by atoms with E-state index in [0.717, 1.165) is 39.8 Å². The lowest BCUT2D eigenvalue weighted by Crippen LogP contribution is -2.25. The third-order valence-corrected chi connectivity index (χ3v) is 6.97. The molecule has 1 aliphatic heterocycles. The van der Waals surface area contributed by atoms with Crippen LogP contribution in [-0.2, 0) is 12.8 Å². The number of hydrogen-bond acceptors (Lipinski definition) is 7. The smallest absolute Gasteiger partial charge is 0.219 e. The van der Waals surface area contributed by atoms with E-state index in [1.165, 1.54) is 0 Å². The second kappa shape index (κ2) is 10.4. The number of carbonyl (C=O) groups is 1. The van der Waals surface area contributed by atoms with E-state index in [0.29, 0.717) is 29.4 Å². The molecule has 0 atom stereocenters. The molecule has 4 heterocycles. The van der Waals surface area contributed by atoms with E-state index < -0.39 is 0 Å². The molecule has 0 radical (unpaired) electrons. The van der Waals surface area contributed by atoms with Crippen LogP contribution in [0, 0.1) is 6.92 Å². The van der Waals surface area contributed by atoms with Gasteiger partial charge in [-0.3, -0.25) is 24.2 Å². The molecule has 0 N–H and O–H groups in total. The highest BCUT2D eigenvalue weighted by molar-refractivity contribution is 5.96. The number of hydrogen-bond donors (Lipinski definition) is 0. The van der Waals surface area contributed by atoms with Gasteiger partial charge in [0.15, 0.2) is 11.5 Å². The summed E-state index contributed by atoms with van der Waals surface area (Å²) in [6.45, 7) is 6.57. The quantitative estimate of drug-likeness (QED) is 0.241. The highest BCUT2D eigenvalue weighted by Gasteiger charge is 2.20. The highest BCUT2D eigenvalue weighted by Crippen LogP contribution is 2.35. The Bertz CT molecular complexity index is 1790. The van der Waals surface area contributed by atoms with Gasteiger partial charge in [0, 0.05) is 41.5 Å². The van der Waals surface area contributed by atoms with Crippen molar-refractivity contribution in [2.75, 3.05) is 6.61 Å². The molecule has 8 heteroatoms. The number of benzene rings is 2. The zero-order chi connectivity index (χ0) is 27.8. The van der Waals surface area contributed by atoms with E-state index >= 15 is 0 Å². The van der Waals surface area contributed by atoms with E-state index in [2.05, 4.69) is 15.1 Å². The molecule has 0 bridgehead atoms. The van der Waals surface area contributed by atoms with Gasteiger partial charge in [0.05, 0.1) is 24.7 Å². The number of carbonyl (C=O) groups excluding carboxylic acids is 1. The first-order valence-corrected chi connectivity index (χ1v) is 13.3. The third-order valence-electron chi connectivity index (χ3n) is 6.97. The minimum atomic E-state index is -0.386. The van der Waals surface area contributed by atoms with Crippen molar-refractivity contribution in [3.05, 3.63) is 106 Å². The van der Waals surface area contributed by atoms with E-state index in [9.17, 15) is 9.59 Å². The van der Waals surface area contributed by atoms with Gasteiger partial charge >= 0.3 is 0 Å². The normalized spacial score (nSPS) is 12.4. The van der Waals surface area contributed by atoms with Crippen molar-refractivity contribution in [2.45, 2.75) is 39.7 Å². The molecular formula is C32H28N4O4. The third kappa shape index (κ3) is 4.96. The Balaban J connectivity index is 1.24. The Morgan fingerprint density at radius 1 is 1.07 bits per heavy atom. The Hall–Kier alpha value is -4.85. The molecule has 3 aromatic heterocycles. The van der Waals surface area contributed by atoms with Crippen LogP contribution < -0.4 is 14.9 Å². The largest absolute Gasteiger partial charge is 0.493 e. The Morgan fingerprint density at radius 3 is 2.65 bits per heavy atom. The molecule has 0 amide bonds. The van der Waals surface area contributed by atoms with Crippen molar-refractivity contribution < 1.29 is 14.3 Å².